The first kappa shape index (κ1) is 50.8. The minimum Gasteiger partial charge on any atom is -0.462 e. The summed E-state index contributed by atoms with van der Waals surface area (Å²) in [7, 11) is 1.48. The third-order valence-corrected chi connectivity index (χ3v) is 10.4. The van der Waals surface area contributed by atoms with E-state index in [9.17, 15) is 19.0 Å². The number of carbonyl (C=O) groups excluding carboxylic acids is 2. The number of phosphoric ester groups is 1. The molecule has 0 heterocycles. The SMILES string of the molecule is C=CCCCCCCCCCCCCCCCC(=O)O[C@H](COC(=O)CCCCCCCCCCCCCCC)COP(=O)(O)OCC[N+](C)(C)C. The van der Waals surface area contributed by atoms with Gasteiger partial charge in [-0.1, -0.05) is 161 Å². The molecule has 0 rings (SSSR count). The first-order chi connectivity index (χ1) is 25.0. The number of nitrogens with zero attached hydrogens (tertiary/aromatic N) is 1. The van der Waals surface area contributed by atoms with Crippen molar-refractivity contribution in [3.8, 4) is 0 Å². The maximum absolute atomic E-state index is 12.7. The van der Waals surface area contributed by atoms with Crippen LogP contribution in [-0.4, -0.2) is 74.9 Å². The van der Waals surface area contributed by atoms with Crippen LogP contribution in [0.2, 0.25) is 0 Å². The van der Waals surface area contributed by atoms with Crippen LogP contribution in [0.5, 0.6) is 0 Å². The molecule has 1 unspecified atom stereocenters. The number of carbonyl (C=O) groups is 2. The molecule has 52 heavy (non-hydrogen) atoms. The summed E-state index contributed by atoms with van der Waals surface area (Å²) >= 11 is 0. The van der Waals surface area contributed by atoms with Crippen molar-refractivity contribution in [2.45, 2.75) is 199 Å². The van der Waals surface area contributed by atoms with E-state index in [1.54, 1.807) is 0 Å². The van der Waals surface area contributed by atoms with Gasteiger partial charge in [-0.3, -0.25) is 18.6 Å². The molecule has 9 nitrogen and oxygen atoms in total. The predicted octanol–water partition coefficient (Wildman–Crippen LogP) is 11.8. The van der Waals surface area contributed by atoms with Crippen molar-refractivity contribution >= 4 is 19.8 Å². The molecule has 0 radical (unpaired) electrons. The molecule has 0 aliphatic rings. The number of quaternary nitrogens is 1. The van der Waals surface area contributed by atoms with E-state index in [1.165, 1.54) is 128 Å². The Labute approximate surface area is 320 Å². The minimum atomic E-state index is -4.37. The molecule has 0 aliphatic heterocycles. The molecule has 0 saturated carbocycles. The van der Waals surface area contributed by atoms with E-state index in [0.29, 0.717) is 23.9 Å². The van der Waals surface area contributed by atoms with Gasteiger partial charge < -0.3 is 18.9 Å². The number of allylic oxidation sites excluding steroid dienone is 1. The fourth-order valence-electron chi connectivity index (χ4n) is 6.05. The third-order valence-electron chi connectivity index (χ3n) is 9.44. The molecule has 2 atom stereocenters. The van der Waals surface area contributed by atoms with Crippen molar-refractivity contribution < 1.29 is 42.1 Å². The summed E-state index contributed by atoms with van der Waals surface area (Å²) in [5, 5.41) is 0. The fourth-order valence-corrected chi connectivity index (χ4v) is 6.79. The van der Waals surface area contributed by atoms with Crippen LogP contribution >= 0.6 is 7.82 Å². The maximum atomic E-state index is 12.7. The van der Waals surface area contributed by atoms with Crippen molar-refractivity contribution in [2.75, 3.05) is 47.5 Å². The number of ether oxygens (including phenoxy) is 2. The third kappa shape index (κ3) is 38.5. The molecule has 0 saturated heterocycles. The molecule has 0 amide bonds. The van der Waals surface area contributed by atoms with Crippen LogP contribution < -0.4 is 0 Å². The largest absolute Gasteiger partial charge is 0.472 e. The zero-order valence-corrected chi connectivity index (χ0v) is 35.3. The molecular weight excluding hydrogens is 677 g/mol. The standard InChI is InChI=1S/C42H82NO8P/c1-6-8-10-12-14-16-18-20-21-23-25-27-29-31-33-35-42(45)51-40(39-50-52(46,47)49-37-36-43(3,4)5)38-48-41(44)34-32-30-28-26-24-22-19-17-15-13-11-9-7-2/h6,40H,1,7-39H2,2-5H3/p+1/t40-/m1/s1. The average molecular weight is 761 g/mol. The van der Waals surface area contributed by atoms with Gasteiger partial charge in [-0.2, -0.15) is 0 Å². The van der Waals surface area contributed by atoms with Gasteiger partial charge in [0.15, 0.2) is 6.10 Å². The fraction of sp³-hybridized carbons (Fsp3) is 0.905. The Morgan fingerprint density at radius 2 is 1.02 bits per heavy atom. The van der Waals surface area contributed by atoms with Crippen LogP contribution in [0.3, 0.4) is 0 Å². The monoisotopic (exact) mass is 761 g/mol. The van der Waals surface area contributed by atoms with Gasteiger partial charge in [0, 0.05) is 12.8 Å². The summed E-state index contributed by atoms with van der Waals surface area (Å²) in [6, 6.07) is 0. The van der Waals surface area contributed by atoms with Crippen molar-refractivity contribution in [1.29, 1.82) is 0 Å². The van der Waals surface area contributed by atoms with E-state index in [4.69, 9.17) is 18.5 Å². The van der Waals surface area contributed by atoms with Gasteiger partial charge in [0.25, 0.3) is 0 Å². The van der Waals surface area contributed by atoms with E-state index >= 15 is 0 Å². The number of hydrogen-bond donors (Lipinski definition) is 1. The highest BCUT2D eigenvalue weighted by molar-refractivity contribution is 7.47. The van der Waals surface area contributed by atoms with Gasteiger partial charge in [0.2, 0.25) is 0 Å². The molecule has 308 valence electrons. The molecule has 0 bridgehead atoms. The van der Waals surface area contributed by atoms with Crippen molar-refractivity contribution in [2.24, 2.45) is 0 Å². The first-order valence-electron chi connectivity index (χ1n) is 21.4. The lowest BCUT2D eigenvalue weighted by Gasteiger charge is -2.24. The lowest BCUT2D eigenvalue weighted by atomic mass is 10.0. The van der Waals surface area contributed by atoms with Gasteiger partial charge in [-0.05, 0) is 25.7 Å². The highest BCUT2D eigenvalue weighted by Crippen LogP contribution is 2.43. The van der Waals surface area contributed by atoms with Gasteiger partial charge in [0.1, 0.15) is 19.8 Å². The lowest BCUT2D eigenvalue weighted by molar-refractivity contribution is -0.870. The predicted molar refractivity (Wildman–Crippen MR) is 215 cm³/mol. The van der Waals surface area contributed by atoms with Crippen LogP contribution in [0.15, 0.2) is 12.7 Å². The zero-order valence-electron chi connectivity index (χ0n) is 34.4. The smallest absolute Gasteiger partial charge is 0.462 e. The molecule has 0 fully saturated rings. The summed E-state index contributed by atoms with van der Waals surface area (Å²) in [6.45, 7) is 5.96. The van der Waals surface area contributed by atoms with Gasteiger partial charge in [-0.15, -0.1) is 6.58 Å². The molecule has 10 heteroatoms. The molecule has 1 N–H and O–H groups in total. The molecule has 0 aliphatic carbocycles. The Hall–Kier alpha value is -1.25. The quantitative estimate of drug-likeness (QED) is 0.0216. The van der Waals surface area contributed by atoms with Crippen LogP contribution in [-0.2, 0) is 32.7 Å². The zero-order chi connectivity index (χ0) is 38.6. The second kappa shape index (κ2) is 35.5. The number of hydrogen-bond acceptors (Lipinski definition) is 7. The number of likely N-dealkylation sites (N-methyl/N-ethyl adjacent to an activating group) is 1. The van der Waals surface area contributed by atoms with Crippen molar-refractivity contribution in [3.63, 3.8) is 0 Å². The number of unbranched alkanes of at least 4 members (excludes halogenated alkanes) is 25. The van der Waals surface area contributed by atoms with E-state index in [2.05, 4.69) is 13.5 Å². The number of esters is 2. The Morgan fingerprint density at radius 3 is 1.44 bits per heavy atom. The van der Waals surface area contributed by atoms with E-state index in [0.717, 1.165) is 38.5 Å². The number of phosphoric acid groups is 1. The Morgan fingerprint density at radius 1 is 0.615 bits per heavy atom. The molecule has 0 aromatic heterocycles. The van der Waals surface area contributed by atoms with Gasteiger partial charge >= 0.3 is 19.8 Å². The molecule has 0 aromatic rings. The Kier molecular flexibility index (Phi) is 34.6. The normalized spacial score (nSPS) is 13.5. The summed E-state index contributed by atoms with van der Waals surface area (Å²) in [6.07, 6.45) is 34.3. The summed E-state index contributed by atoms with van der Waals surface area (Å²) in [5.74, 6) is -0.792. The summed E-state index contributed by atoms with van der Waals surface area (Å²) < 4.78 is 34.3. The van der Waals surface area contributed by atoms with E-state index in [1.807, 2.05) is 27.2 Å². The number of rotatable bonds is 40. The van der Waals surface area contributed by atoms with Crippen molar-refractivity contribution in [1.82, 2.24) is 0 Å². The Bertz CT molecular complexity index is 894. The van der Waals surface area contributed by atoms with Crippen LogP contribution in [0, 0.1) is 0 Å². The molecule has 0 spiro atoms. The topological polar surface area (TPSA) is 108 Å². The van der Waals surface area contributed by atoms with E-state index in [-0.39, 0.29) is 25.6 Å². The average Bonchev–Trinajstić information content (AvgIpc) is 3.09. The Balaban J connectivity index is 4.33. The lowest BCUT2D eigenvalue weighted by Crippen LogP contribution is -2.37. The van der Waals surface area contributed by atoms with Crippen LogP contribution in [0.4, 0.5) is 0 Å². The summed E-state index contributed by atoms with van der Waals surface area (Å²) in [4.78, 5) is 35.3. The summed E-state index contributed by atoms with van der Waals surface area (Å²) in [5.41, 5.74) is 0. The van der Waals surface area contributed by atoms with Crippen molar-refractivity contribution in [3.05, 3.63) is 12.7 Å². The van der Waals surface area contributed by atoms with Gasteiger partial charge in [-0.25, -0.2) is 4.57 Å². The van der Waals surface area contributed by atoms with E-state index < -0.39 is 26.5 Å². The highest BCUT2D eigenvalue weighted by atomic mass is 31.2. The maximum Gasteiger partial charge on any atom is 0.472 e. The second-order valence-corrected chi connectivity index (χ2v) is 17.3. The molecule has 0 aromatic carbocycles. The minimum absolute atomic E-state index is 0.0343. The van der Waals surface area contributed by atoms with Gasteiger partial charge in [0.05, 0.1) is 27.7 Å². The molecular formula is C42H83NO8P+. The van der Waals surface area contributed by atoms with Crippen LogP contribution in [0.1, 0.15) is 193 Å². The van der Waals surface area contributed by atoms with Crippen LogP contribution in [0.25, 0.3) is 0 Å². The first-order valence-corrected chi connectivity index (χ1v) is 22.9. The highest BCUT2D eigenvalue weighted by Gasteiger charge is 2.27. The second-order valence-electron chi connectivity index (χ2n) is 15.8.